The van der Waals surface area contributed by atoms with Gasteiger partial charge in [0.05, 0.1) is 13.0 Å². The van der Waals surface area contributed by atoms with Crippen molar-refractivity contribution in [3.63, 3.8) is 0 Å². The average Bonchev–Trinajstić information content (AvgIpc) is 2.63. The summed E-state index contributed by atoms with van der Waals surface area (Å²) < 4.78 is 5.41. The lowest BCUT2D eigenvalue weighted by molar-refractivity contribution is -0.124. The SMILES string of the molecule is CN(C)NC(=O)Cc1ccc2c(c1)CCO2. The van der Waals surface area contributed by atoms with Gasteiger partial charge in [-0.25, -0.2) is 5.01 Å². The number of carbonyl (C=O) groups excluding carboxylic acids is 1. The first-order chi connectivity index (χ1) is 7.65. The maximum Gasteiger partial charge on any atom is 0.238 e. The molecule has 0 fully saturated rings. The monoisotopic (exact) mass is 220 g/mol. The van der Waals surface area contributed by atoms with E-state index in [2.05, 4.69) is 11.5 Å². The van der Waals surface area contributed by atoms with Gasteiger partial charge in [-0.2, -0.15) is 0 Å². The molecule has 1 N–H and O–H groups in total. The summed E-state index contributed by atoms with van der Waals surface area (Å²) in [5.41, 5.74) is 4.96. The third-order valence-corrected chi connectivity index (χ3v) is 2.47. The first-order valence-corrected chi connectivity index (χ1v) is 5.36. The lowest BCUT2D eigenvalue weighted by atomic mass is 10.1. The molecule has 0 aromatic heterocycles. The van der Waals surface area contributed by atoms with Crippen molar-refractivity contribution in [2.45, 2.75) is 12.8 Å². The van der Waals surface area contributed by atoms with Crippen molar-refractivity contribution in [1.82, 2.24) is 10.4 Å². The molecule has 4 heteroatoms. The number of amides is 1. The van der Waals surface area contributed by atoms with Gasteiger partial charge in [0.1, 0.15) is 5.75 Å². The zero-order chi connectivity index (χ0) is 11.5. The highest BCUT2D eigenvalue weighted by Gasteiger charge is 2.13. The Balaban J connectivity index is 2.02. The molecule has 1 aliphatic rings. The lowest BCUT2D eigenvalue weighted by Gasteiger charge is -2.11. The molecule has 0 atom stereocenters. The smallest absolute Gasteiger partial charge is 0.238 e. The fourth-order valence-electron chi connectivity index (χ4n) is 1.82. The van der Waals surface area contributed by atoms with Crippen LogP contribution in [0.15, 0.2) is 18.2 Å². The Morgan fingerprint density at radius 2 is 2.31 bits per heavy atom. The molecule has 1 aromatic rings. The van der Waals surface area contributed by atoms with Gasteiger partial charge in [0.2, 0.25) is 5.91 Å². The van der Waals surface area contributed by atoms with E-state index in [4.69, 9.17) is 4.74 Å². The molecule has 0 radical (unpaired) electrons. The molecule has 0 bridgehead atoms. The Kier molecular flexibility index (Phi) is 3.10. The average molecular weight is 220 g/mol. The van der Waals surface area contributed by atoms with Gasteiger partial charge in [0, 0.05) is 20.5 Å². The van der Waals surface area contributed by atoms with Crippen molar-refractivity contribution in [2.24, 2.45) is 0 Å². The largest absolute Gasteiger partial charge is 0.493 e. The fourth-order valence-corrected chi connectivity index (χ4v) is 1.82. The van der Waals surface area contributed by atoms with E-state index in [0.29, 0.717) is 6.42 Å². The number of benzene rings is 1. The number of nitrogens with one attached hydrogen (secondary N) is 1. The highest BCUT2D eigenvalue weighted by molar-refractivity contribution is 5.78. The Morgan fingerprint density at radius 3 is 3.06 bits per heavy atom. The first kappa shape index (κ1) is 11.0. The van der Waals surface area contributed by atoms with Crippen LogP contribution < -0.4 is 10.2 Å². The molecule has 4 nitrogen and oxygen atoms in total. The number of hydrogen-bond donors (Lipinski definition) is 1. The number of carbonyl (C=O) groups is 1. The molecule has 1 aliphatic heterocycles. The number of ether oxygens (including phenoxy) is 1. The van der Waals surface area contributed by atoms with Gasteiger partial charge in [-0.15, -0.1) is 0 Å². The van der Waals surface area contributed by atoms with Crippen LogP contribution >= 0.6 is 0 Å². The van der Waals surface area contributed by atoms with E-state index in [1.165, 1.54) is 5.56 Å². The molecule has 1 amide bonds. The molecule has 16 heavy (non-hydrogen) atoms. The molecular weight excluding hydrogens is 204 g/mol. The van der Waals surface area contributed by atoms with Crippen LogP contribution in [0.4, 0.5) is 0 Å². The Morgan fingerprint density at radius 1 is 1.50 bits per heavy atom. The molecule has 86 valence electrons. The van der Waals surface area contributed by atoms with E-state index >= 15 is 0 Å². The third kappa shape index (κ3) is 2.52. The van der Waals surface area contributed by atoms with Gasteiger partial charge in [-0.3, -0.25) is 10.2 Å². The highest BCUT2D eigenvalue weighted by atomic mass is 16.5. The topological polar surface area (TPSA) is 41.6 Å². The van der Waals surface area contributed by atoms with Crippen molar-refractivity contribution in [3.8, 4) is 5.75 Å². The van der Waals surface area contributed by atoms with Crippen molar-refractivity contribution in [2.75, 3.05) is 20.7 Å². The van der Waals surface area contributed by atoms with Crippen LogP contribution in [-0.2, 0) is 17.6 Å². The molecule has 0 unspecified atom stereocenters. The van der Waals surface area contributed by atoms with Crippen LogP contribution in [0.25, 0.3) is 0 Å². The normalized spacial score (nSPS) is 13.4. The molecule has 0 saturated carbocycles. The van der Waals surface area contributed by atoms with E-state index in [9.17, 15) is 4.79 Å². The lowest BCUT2D eigenvalue weighted by Crippen LogP contribution is -2.37. The molecule has 0 spiro atoms. The summed E-state index contributed by atoms with van der Waals surface area (Å²) in [5, 5.41) is 1.65. The van der Waals surface area contributed by atoms with Crippen molar-refractivity contribution in [1.29, 1.82) is 0 Å². The predicted molar refractivity (Wildman–Crippen MR) is 61.2 cm³/mol. The second-order valence-corrected chi connectivity index (χ2v) is 4.15. The summed E-state index contributed by atoms with van der Waals surface area (Å²) in [5.74, 6) is 0.959. The quantitative estimate of drug-likeness (QED) is 0.764. The van der Waals surface area contributed by atoms with Gasteiger partial charge in [0.15, 0.2) is 0 Å². The molecule has 2 rings (SSSR count). The van der Waals surface area contributed by atoms with Crippen LogP contribution in [0, 0.1) is 0 Å². The summed E-state index contributed by atoms with van der Waals surface area (Å²) >= 11 is 0. The summed E-state index contributed by atoms with van der Waals surface area (Å²) in [6.45, 7) is 0.753. The summed E-state index contributed by atoms with van der Waals surface area (Å²) in [6.07, 6.45) is 1.35. The summed E-state index contributed by atoms with van der Waals surface area (Å²) in [7, 11) is 3.60. The maximum atomic E-state index is 11.5. The Labute approximate surface area is 95.2 Å². The number of rotatable bonds is 3. The zero-order valence-electron chi connectivity index (χ0n) is 9.62. The third-order valence-electron chi connectivity index (χ3n) is 2.47. The van der Waals surface area contributed by atoms with Crippen molar-refractivity contribution in [3.05, 3.63) is 29.3 Å². The highest BCUT2D eigenvalue weighted by Crippen LogP contribution is 2.25. The molecule has 0 aliphatic carbocycles. The van der Waals surface area contributed by atoms with Crippen molar-refractivity contribution < 1.29 is 9.53 Å². The fraction of sp³-hybridized carbons (Fsp3) is 0.417. The minimum atomic E-state index is 0.00358. The number of nitrogens with zero attached hydrogens (tertiary/aromatic N) is 1. The van der Waals surface area contributed by atoms with E-state index in [1.807, 2.05) is 12.1 Å². The molecule has 1 heterocycles. The second kappa shape index (κ2) is 4.53. The van der Waals surface area contributed by atoms with E-state index in [0.717, 1.165) is 24.3 Å². The van der Waals surface area contributed by atoms with Crippen LogP contribution in [0.3, 0.4) is 0 Å². The molecule has 0 saturated heterocycles. The van der Waals surface area contributed by atoms with Crippen LogP contribution in [0.1, 0.15) is 11.1 Å². The van der Waals surface area contributed by atoms with Crippen LogP contribution in [-0.4, -0.2) is 31.6 Å². The standard InChI is InChI=1S/C12H16N2O2/c1-14(2)13-12(15)8-9-3-4-11-10(7-9)5-6-16-11/h3-4,7H,5-6,8H2,1-2H3,(H,13,15). The maximum absolute atomic E-state index is 11.5. The van der Waals surface area contributed by atoms with Gasteiger partial charge >= 0.3 is 0 Å². The number of hydrazine groups is 1. The predicted octanol–water partition coefficient (Wildman–Crippen LogP) is 0.757. The summed E-state index contributed by atoms with van der Waals surface area (Å²) in [6, 6.07) is 5.94. The zero-order valence-corrected chi connectivity index (χ0v) is 9.62. The summed E-state index contributed by atoms with van der Waals surface area (Å²) in [4.78, 5) is 11.5. The second-order valence-electron chi connectivity index (χ2n) is 4.15. The van der Waals surface area contributed by atoms with Crippen LogP contribution in [0.2, 0.25) is 0 Å². The Hall–Kier alpha value is -1.55. The molecule has 1 aromatic carbocycles. The van der Waals surface area contributed by atoms with Gasteiger partial charge in [-0.05, 0) is 17.2 Å². The van der Waals surface area contributed by atoms with Gasteiger partial charge < -0.3 is 4.74 Å². The first-order valence-electron chi connectivity index (χ1n) is 5.36. The number of hydrogen-bond acceptors (Lipinski definition) is 3. The Bertz CT molecular complexity index is 402. The van der Waals surface area contributed by atoms with Gasteiger partial charge in [-0.1, -0.05) is 12.1 Å². The van der Waals surface area contributed by atoms with E-state index < -0.39 is 0 Å². The van der Waals surface area contributed by atoms with E-state index in [1.54, 1.807) is 19.1 Å². The van der Waals surface area contributed by atoms with E-state index in [-0.39, 0.29) is 5.91 Å². The number of fused-ring (bicyclic) bond motifs is 1. The minimum Gasteiger partial charge on any atom is -0.493 e. The molecular formula is C12H16N2O2. The van der Waals surface area contributed by atoms with Gasteiger partial charge in [0.25, 0.3) is 0 Å². The van der Waals surface area contributed by atoms with Crippen LogP contribution in [0.5, 0.6) is 5.75 Å². The van der Waals surface area contributed by atoms with Crippen molar-refractivity contribution >= 4 is 5.91 Å². The minimum absolute atomic E-state index is 0.00358.